The van der Waals surface area contributed by atoms with Crippen LogP contribution in [0.3, 0.4) is 0 Å². The van der Waals surface area contributed by atoms with Crippen LogP contribution in [0.15, 0.2) is 31.2 Å². The summed E-state index contributed by atoms with van der Waals surface area (Å²) >= 11 is 0. The van der Waals surface area contributed by atoms with E-state index in [-0.39, 0.29) is 5.56 Å². The lowest BCUT2D eigenvalue weighted by Crippen LogP contribution is -2.07. The molecule has 0 aliphatic heterocycles. The van der Waals surface area contributed by atoms with E-state index in [1.807, 2.05) is 0 Å². The molecule has 0 fully saturated rings. The van der Waals surface area contributed by atoms with Crippen LogP contribution in [0.2, 0.25) is 0 Å². The highest BCUT2D eigenvalue weighted by molar-refractivity contribution is 5.90. The first kappa shape index (κ1) is 8.36. The third-order valence-corrected chi connectivity index (χ3v) is 1.67. The van der Waals surface area contributed by atoms with E-state index in [4.69, 9.17) is 5.11 Å². The monoisotopic (exact) mass is 190 g/mol. The van der Waals surface area contributed by atoms with E-state index < -0.39 is 5.97 Å². The molecular weight excluding hydrogens is 184 g/mol. The van der Waals surface area contributed by atoms with Crippen molar-refractivity contribution in [2.45, 2.75) is 0 Å². The van der Waals surface area contributed by atoms with Gasteiger partial charge in [-0.25, -0.2) is 19.7 Å². The number of imidazole rings is 1. The maximum atomic E-state index is 10.8. The fraction of sp³-hybridized carbons (Fsp3) is 0. The molecule has 0 aliphatic carbocycles. The summed E-state index contributed by atoms with van der Waals surface area (Å²) in [6, 6.07) is 0. The Labute approximate surface area is 78.9 Å². The van der Waals surface area contributed by atoms with Crippen molar-refractivity contribution in [3.63, 3.8) is 0 Å². The molecule has 14 heavy (non-hydrogen) atoms. The molecule has 0 saturated heterocycles. The zero-order valence-corrected chi connectivity index (χ0v) is 7.03. The van der Waals surface area contributed by atoms with Gasteiger partial charge in [0.15, 0.2) is 5.82 Å². The lowest BCUT2D eigenvalue weighted by molar-refractivity contribution is 0.0696. The average molecular weight is 190 g/mol. The van der Waals surface area contributed by atoms with Gasteiger partial charge in [-0.05, 0) is 0 Å². The van der Waals surface area contributed by atoms with Crippen LogP contribution in [0.4, 0.5) is 0 Å². The summed E-state index contributed by atoms with van der Waals surface area (Å²) in [7, 11) is 0. The van der Waals surface area contributed by atoms with Gasteiger partial charge in [0, 0.05) is 18.6 Å². The number of aromatic nitrogens is 4. The van der Waals surface area contributed by atoms with E-state index in [0.29, 0.717) is 5.82 Å². The molecular formula is C8H6N4O2. The summed E-state index contributed by atoms with van der Waals surface area (Å²) in [5.41, 5.74) is 0.0468. The molecule has 0 atom stereocenters. The molecule has 2 rings (SSSR count). The molecule has 0 aliphatic rings. The van der Waals surface area contributed by atoms with E-state index in [1.165, 1.54) is 23.4 Å². The van der Waals surface area contributed by atoms with Crippen LogP contribution in [0.1, 0.15) is 10.4 Å². The van der Waals surface area contributed by atoms with Gasteiger partial charge in [0.2, 0.25) is 0 Å². The Morgan fingerprint density at radius 2 is 2.29 bits per heavy atom. The fourth-order valence-corrected chi connectivity index (χ4v) is 1.06. The molecule has 2 aromatic heterocycles. The van der Waals surface area contributed by atoms with Crippen molar-refractivity contribution < 1.29 is 9.90 Å². The van der Waals surface area contributed by atoms with Crippen molar-refractivity contribution in [1.82, 2.24) is 19.5 Å². The number of hydrogen-bond donors (Lipinski definition) is 1. The maximum Gasteiger partial charge on any atom is 0.341 e. The molecule has 70 valence electrons. The number of aromatic carboxylic acids is 1. The number of nitrogens with zero attached hydrogens (tertiary/aromatic N) is 4. The van der Waals surface area contributed by atoms with Crippen LogP contribution >= 0.6 is 0 Å². The predicted octanol–water partition coefficient (Wildman–Crippen LogP) is 0.360. The van der Waals surface area contributed by atoms with E-state index in [9.17, 15) is 4.79 Å². The Balaban J connectivity index is 2.58. The Morgan fingerprint density at radius 1 is 1.43 bits per heavy atom. The largest absolute Gasteiger partial charge is 0.477 e. The average Bonchev–Trinajstić information content (AvgIpc) is 2.70. The van der Waals surface area contributed by atoms with Gasteiger partial charge in [-0.1, -0.05) is 0 Å². The third kappa shape index (κ3) is 1.33. The summed E-state index contributed by atoms with van der Waals surface area (Å²) in [6.45, 7) is 0. The first-order chi connectivity index (χ1) is 6.79. The summed E-state index contributed by atoms with van der Waals surface area (Å²) in [4.78, 5) is 22.1. The first-order valence-electron chi connectivity index (χ1n) is 3.80. The van der Waals surface area contributed by atoms with Crippen LogP contribution < -0.4 is 0 Å². The topological polar surface area (TPSA) is 80.9 Å². The Morgan fingerprint density at radius 3 is 2.93 bits per heavy atom. The fourth-order valence-electron chi connectivity index (χ4n) is 1.06. The quantitative estimate of drug-likeness (QED) is 0.739. The van der Waals surface area contributed by atoms with Crippen molar-refractivity contribution >= 4 is 5.97 Å². The third-order valence-electron chi connectivity index (χ3n) is 1.67. The minimum absolute atomic E-state index is 0.0468. The molecule has 6 heteroatoms. The van der Waals surface area contributed by atoms with E-state index in [2.05, 4.69) is 15.0 Å². The standard InChI is InChI=1S/C8H6N4O2/c13-8(14)6-3-10-4-11-7(6)12-2-1-9-5-12/h1-5H,(H,13,14). The van der Waals surface area contributed by atoms with Crippen LogP contribution in [0.5, 0.6) is 0 Å². The summed E-state index contributed by atoms with van der Waals surface area (Å²) in [5, 5.41) is 8.85. The molecule has 0 radical (unpaired) electrons. The predicted molar refractivity (Wildman–Crippen MR) is 46.1 cm³/mol. The van der Waals surface area contributed by atoms with Crippen molar-refractivity contribution in [2.75, 3.05) is 0 Å². The van der Waals surface area contributed by atoms with Gasteiger partial charge < -0.3 is 5.11 Å². The van der Waals surface area contributed by atoms with Crippen LogP contribution in [0, 0.1) is 0 Å². The lowest BCUT2D eigenvalue weighted by atomic mass is 10.3. The number of carboxylic acid groups (broad SMARTS) is 1. The van der Waals surface area contributed by atoms with Crippen molar-refractivity contribution in [2.24, 2.45) is 0 Å². The van der Waals surface area contributed by atoms with Gasteiger partial charge in [-0.2, -0.15) is 0 Å². The molecule has 0 unspecified atom stereocenters. The lowest BCUT2D eigenvalue weighted by Gasteiger charge is -2.03. The molecule has 0 bridgehead atoms. The van der Waals surface area contributed by atoms with Gasteiger partial charge >= 0.3 is 5.97 Å². The summed E-state index contributed by atoms with van der Waals surface area (Å²) < 4.78 is 1.52. The van der Waals surface area contributed by atoms with Crippen LogP contribution in [-0.4, -0.2) is 30.6 Å². The van der Waals surface area contributed by atoms with Gasteiger partial charge in [-0.15, -0.1) is 0 Å². The van der Waals surface area contributed by atoms with Crippen LogP contribution in [0.25, 0.3) is 5.82 Å². The highest BCUT2D eigenvalue weighted by Crippen LogP contribution is 2.08. The van der Waals surface area contributed by atoms with E-state index in [1.54, 1.807) is 12.4 Å². The Hall–Kier alpha value is -2.24. The van der Waals surface area contributed by atoms with Crippen molar-refractivity contribution in [3.05, 3.63) is 36.8 Å². The Kier molecular flexibility index (Phi) is 1.94. The van der Waals surface area contributed by atoms with E-state index >= 15 is 0 Å². The highest BCUT2D eigenvalue weighted by atomic mass is 16.4. The second kappa shape index (κ2) is 3.25. The zero-order chi connectivity index (χ0) is 9.97. The normalized spacial score (nSPS) is 10.0. The highest BCUT2D eigenvalue weighted by Gasteiger charge is 2.11. The maximum absolute atomic E-state index is 10.8. The van der Waals surface area contributed by atoms with Gasteiger partial charge in [0.1, 0.15) is 18.2 Å². The van der Waals surface area contributed by atoms with Crippen molar-refractivity contribution in [3.8, 4) is 5.82 Å². The summed E-state index contributed by atoms with van der Waals surface area (Å²) in [5.74, 6) is -0.751. The minimum Gasteiger partial charge on any atom is -0.477 e. The first-order valence-corrected chi connectivity index (χ1v) is 3.80. The molecule has 1 N–H and O–H groups in total. The van der Waals surface area contributed by atoms with Gasteiger partial charge in [0.05, 0.1) is 0 Å². The number of carbonyl (C=O) groups is 1. The SMILES string of the molecule is O=C(O)c1cncnc1-n1ccnc1. The van der Waals surface area contributed by atoms with E-state index in [0.717, 1.165) is 0 Å². The van der Waals surface area contributed by atoms with Crippen LogP contribution in [-0.2, 0) is 0 Å². The number of rotatable bonds is 2. The molecule has 0 amide bonds. The van der Waals surface area contributed by atoms with Crippen molar-refractivity contribution in [1.29, 1.82) is 0 Å². The number of carboxylic acids is 1. The number of hydrogen-bond acceptors (Lipinski definition) is 4. The summed E-state index contributed by atoms with van der Waals surface area (Å²) in [6.07, 6.45) is 7.20. The molecule has 0 spiro atoms. The van der Waals surface area contributed by atoms with Gasteiger partial charge in [0.25, 0.3) is 0 Å². The molecule has 2 heterocycles. The second-order valence-corrected chi connectivity index (χ2v) is 2.54. The minimum atomic E-state index is -1.06. The Bertz CT molecular complexity index is 452. The molecule has 6 nitrogen and oxygen atoms in total. The van der Waals surface area contributed by atoms with Gasteiger partial charge in [-0.3, -0.25) is 4.57 Å². The smallest absolute Gasteiger partial charge is 0.341 e. The molecule has 0 saturated carbocycles. The molecule has 0 aromatic carbocycles. The second-order valence-electron chi connectivity index (χ2n) is 2.54. The molecule has 2 aromatic rings. The zero-order valence-electron chi connectivity index (χ0n) is 7.03.